The first-order chi connectivity index (χ1) is 9.76. The van der Waals surface area contributed by atoms with Crippen molar-refractivity contribution in [3.8, 4) is 0 Å². The van der Waals surface area contributed by atoms with Gasteiger partial charge >= 0.3 is 0 Å². The number of thiazole rings is 1. The van der Waals surface area contributed by atoms with Crippen LogP contribution in [0.25, 0.3) is 10.9 Å². The number of hydrogen-bond donors (Lipinski definition) is 1. The van der Waals surface area contributed by atoms with Gasteiger partial charge in [0, 0.05) is 29.3 Å². The zero-order valence-corrected chi connectivity index (χ0v) is 12.7. The molecule has 3 rings (SSSR count). The minimum absolute atomic E-state index is 0.904. The molecular weight excluding hydrogens is 266 g/mol. The fourth-order valence-corrected chi connectivity index (χ4v) is 3.21. The van der Waals surface area contributed by atoms with Crippen molar-refractivity contribution in [3.63, 3.8) is 0 Å². The van der Waals surface area contributed by atoms with Crippen molar-refractivity contribution in [1.29, 1.82) is 0 Å². The van der Waals surface area contributed by atoms with E-state index in [-0.39, 0.29) is 0 Å². The Morgan fingerprint density at radius 3 is 2.95 bits per heavy atom. The van der Waals surface area contributed by atoms with E-state index >= 15 is 0 Å². The van der Waals surface area contributed by atoms with E-state index in [0.717, 1.165) is 24.6 Å². The maximum absolute atomic E-state index is 4.32. The molecule has 2 heterocycles. The molecule has 3 aromatic rings. The lowest BCUT2D eigenvalue weighted by atomic mass is 10.1. The Hall–Kier alpha value is -1.65. The van der Waals surface area contributed by atoms with Gasteiger partial charge in [0.05, 0.1) is 11.6 Å². The van der Waals surface area contributed by atoms with E-state index in [0.29, 0.717) is 0 Å². The first-order valence-electron chi connectivity index (χ1n) is 6.96. The van der Waals surface area contributed by atoms with E-state index in [1.807, 2.05) is 6.20 Å². The van der Waals surface area contributed by atoms with Crippen molar-refractivity contribution in [3.05, 3.63) is 52.1 Å². The maximum atomic E-state index is 4.32. The zero-order valence-electron chi connectivity index (χ0n) is 11.9. The second-order valence-electron chi connectivity index (χ2n) is 4.96. The fraction of sp³-hybridized carbons (Fsp3) is 0.312. The fourth-order valence-electron chi connectivity index (χ4n) is 2.41. The van der Waals surface area contributed by atoms with Crippen LogP contribution in [-0.2, 0) is 13.1 Å². The van der Waals surface area contributed by atoms with Gasteiger partial charge < -0.3 is 9.88 Å². The summed E-state index contributed by atoms with van der Waals surface area (Å²) < 4.78 is 2.29. The summed E-state index contributed by atoms with van der Waals surface area (Å²) in [4.78, 5) is 5.62. The van der Waals surface area contributed by atoms with Gasteiger partial charge in [0.2, 0.25) is 0 Å². The second kappa shape index (κ2) is 5.77. The number of aryl methyl sites for hydroxylation is 1. The molecule has 4 heteroatoms. The molecule has 20 heavy (non-hydrogen) atoms. The molecule has 0 saturated carbocycles. The summed E-state index contributed by atoms with van der Waals surface area (Å²) in [5, 5.41) is 5.80. The van der Waals surface area contributed by atoms with Crippen LogP contribution < -0.4 is 5.32 Å². The highest BCUT2D eigenvalue weighted by atomic mass is 32.1. The summed E-state index contributed by atoms with van der Waals surface area (Å²) in [5.74, 6) is 0. The van der Waals surface area contributed by atoms with Gasteiger partial charge in [-0.25, -0.2) is 4.98 Å². The predicted molar refractivity (Wildman–Crippen MR) is 85.3 cm³/mol. The van der Waals surface area contributed by atoms with Crippen molar-refractivity contribution in [2.24, 2.45) is 0 Å². The van der Waals surface area contributed by atoms with Crippen molar-refractivity contribution in [2.75, 3.05) is 6.54 Å². The standard InChI is InChI=1S/C16H19N3S/c1-3-17-9-13-4-5-16-14(8-13)6-7-19(16)11-15-10-18-12(2)20-15/h4-8,10,17H,3,9,11H2,1-2H3. The number of nitrogens with zero attached hydrogens (tertiary/aromatic N) is 2. The topological polar surface area (TPSA) is 29.9 Å². The molecule has 104 valence electrons. The quantitative estimate of drug-likeness (QED) is 0.776. The molecule has 0 aliphatic carbocycles. The Morgan fingerprint density at radius 1 is 1.30 bits per heavy atom. The monoisotopic (exact) mass is 285 g/mol. The Balaban J connectivity index is 1.85. The normalized spacial score (nSPS) is 11.3. The molecule has 0 aliphatic heterocycles. The lowest BCUT2D eigenvalue weighted by molar-refractivity contribution is 0.727. The molecule has 2 aromatic heterocycles. The van der Waals surface area contributed by atoms with E-state index in [4.69, 9.17) is 0 Å². The molecular formula is C16H19N3S. The maximum Gasteiger partial charge on any atom is 0.0897 e. The zero-order chi connectivity index (χ0) is 13.9. The van der Waals surface area contributed by atoms with Crippen LogP contribution in [-0.4, -0.2) is 16.1 Å². The number of fused-ring (bicyclic) bond motifs is 1. The first-order valence-corrected chi connectivity index (χ1v) is 7.77. The SMILES string of the molecule is CCNCc1ccc2c(ccn2Cc2cnc(C)s2)c1. The number of rotatable bonds is 5. The van der Waals surface area contributed by atoms with Crippen molar-refractivity contribution in [2.45, 2.75) is 26.9 Å². The molecule has 0 bridgehead atoms. The minimum Gasteiger partial charge on any atom is -0.342 e. The predicted octanol–water partition coefficient (Wildman–Crippen LogP) is 3.56. The minimum atomic E-state index is 0.904. The van der Waals surface area contributed by atoms with Gasteiger partial charge in [0.15, 0.2) is 0 Å². The van der Waals surface area contributed by atoms with E-state index in [1.165, 1.54) is 21.3 Å². The largest absolute Gasteiger partial charge is 0.342 e. The van der Waals surface area contributed by atoms with Crippen LogP contribution in [0.1, 0.15) is 22.4 Å². The summed E-state index contributed by atoms with van der Waals surface area (Å²) in [6.07, 6.45) is 4.14. The summed E-state index contributed by atoms with van der Waals surface area (Å²) in [6.45, 7) is 7.03. The number of hydrogen-bond acceptors (Lipinski definition) is 3. The third-order valence-electron chi connectivity index (χ3n) is 3.41. The molecule has 3 nitrogen and oxygen atoms in total. The summed E-state index contributed by atoms with van der Waals surface area (Å²) in [7, 11) is 0. The van der Waals surface area contributed by atoms with Gasteiger partial charge in [-0.15, -0.1) is 11.3 Å². The average Bonchev–Trinajstić information content (AvgIpc) is 3.04. The Kier molecular flexibility index (Phi) is 3.85. The molecule has 0 amide bonds. The highest BCUT2D eigenvalue weighted by Gasteiger charge is 2.05. The van der Waals surface area contributed by atoms with Gasteiger partial charge in [-0.05, 0) is 42.6 Å². The van der Waals surface area contributed by atoms with Crippen molar-refractivity contribution in [1.82, 2.24) is 14.9 Å². The second-order valence-corrected chi connectivity index (χ2v) is 6.28. The van der Waals surface area contributed by atoms with Gasteiger partial charge in [0.1, 0.15) is 0 Å². The summed E-state index contributed by atoms with van der Waals surface area (Å²) in [5.41, 5.74) is 2.63. The molecule has 0 aliphatic rings. The van der Waals surface area contributed by atoms with Gasteiger partial charge in [-0.3, -0.25) is 0 Å². The Labute approximate surface area is 123 Å². The van der Waals surface area contributed by atoms with E-state index in [1.54, 1.807) is 11.3 Å². The highest BCUT2D eigenvalue weighted by Crippen LogP contribution is 2.21. The van der Waals surface area contributed by atoms with Crippen LogP contribution in [0.4, 0.5) is 0 Å². The molecule has 0 atom stereocenters. The molecule has 0 unspecified atom stereocenters. The summed E-state index contributed by atoms with van der Waals surface area (Å²) in [6, 6.07) is 8.89. The highest BCUT2D eigenvalue weighted by molar-refractivity contribution is 7.11. The average molecular weight is 285 g/mol. The van der Waals surface area contributed by atoms with Gasteiger partial charge in [-0.1, -0.05) is 13.0 Å². The molecule has 0 fully saturated rings. The van der Waals surface area contributed by atoms with Crippen molar-refractivity contribution >= 4 is 22.2 Å². The summed E-state index contributed by atoms with van der Waals surface area (Å²) >= 11 is 1.77. The Bertz CT molecular complexity index is 711. The Morgan fingerprint density at radius 2 is 2.20 bits per heavy atom. The number of nitrogens with one attached hydrogen (secondary N) is 1. The third-order valence-corrected chi connectivity index (χ3v) is 4.31. The molecule has 1 N–H and O–H groups in total. The smallest absolute Gasteiger partial charge is 0.0897 e. The van der Waals surface area contributed by atoms with Gasteiger partial charge in [-0.2, -0.15) is 0 Å². The van der Waals surface area contributed by atoms with Crippen LogP contribution in [0.2, 0.25) is 0 Å². The van der Waals surface area contributed by atoms with Crippen LogP contribution >= 0.6 is 11.3 Å². The first kappa shape index (κ1) is 13.3. The van der Waals surface area contributed by atoms with Gasteiger partial charge in [0.25, 0.3) is 0 Å². The molecule has 0 saturated heterocycles. The third kappa shape index (κ3) is 2.76. The number of benzene rings is 1. The van der Waals surface area contributed by atoms with E-state index < -0.39 is 0 Å². The number of aromatic nitrogens is 2. The van der Waals surface area contributed by atoms with E-state index in [2.05, 4.69) is 59.2 Å². The van der Waals surface area contributed by atoms with Crippen LogP contribution in [0.5, 0.6) is 0 Å². The molecule has 1 aromatic carbocycles. The van der Waals surface area contributed by atoms with Crippen LogP contribution in [0, 0.1) is 6.92 Å². The lowest BCUT2D eigenvalue weighted by Crippen LogP contribution is -2.11. The van der Waals surface area contributed by atoms with E-state index in [9.17, 15) is 0 Å². The van der Waals surface area contributed by atoms with Crippen molar-refractivity contribution < 1.29 is 0 Å². The van der Waals surface area contributed by atoms with Crippen LogP contribution in [0.3, 0.4) is 0 Å². The lowest BCUT2D eigenvalue weighted by Gasteiger charge is -2.05. The molecule has 0 spiro atoms. The molecule has 0 radical (unpaired) electrons. The van der Waals surface area contributed by atoms with Crippen LogP contribution in [0.15, 0.2) is 36.7 Å².